The van der Waals surface area contributed by atoms with Gasteiger partial charge in [-0.3, -0.25) is 9.59 Å². The number of fused-ring (bicyclic) bond motifs is 3. The third-order valence-corrected chi connectivity index (χ3v) is 4.06. The molecular weight excluding hydrogens is 232 g/mol. The molecule has 5 heteroatoms. The molecule has 3 heterocycles. The minimum atomic E-state index is -0.835. The summed E-state index contributed by atoms with van der Waals surface area (Å²) in [6, 6.07) is 0.275. The number of carbonyl (C=O) groups is 2. The van der Waals surface area contributed by atoms with Crippen molar-refractivity contribution in [3.8, 4) is 0 Å². The fraction of sp³-hybridized carbons (Fsp3) is 0.846. The van der Waals surface area contributed by atoms with Crippen molar-refractivity contribution >= 4 is 11.9 Å². The number of hydrogen-bond donors (Lipinski definition) is 2. The molecule has 3 fully saturated rings. The predicted molar refractivity (Wildman–Crippen MR) is 67.1 cm³/mol. The van der Waals surface area contributed by atoms with E-state index in [1.54, 1.807) is 0 Å². The van der Waals surface area contributed by atoms with E-state index in [-0.39, 0.29) is 24.3 Å². The number of carbonyl (C=O) groups excluding carboxylic acids is 1. The third kappa shape index (κ3) is 3.45. The number of nitrogens with zero attached hydrogens (tertiary/aromatic N) is 1. The number of hydrogen-bond acceptors (Lipinski definition) is 3. The zero-order valence-electron chi connectivity index (χ0n) is 10.9. The van der Waals surface area contributed by atoms with E-state index in [9.17, 15) is 9.59 Å². The quantitative estimate of drug-likeness (QED) is 0.757. The summed E-state index contributed by atoms with van der Waals surface area (Å²) in [4.78, 5) is 24.8. The zero-order chi connectivity index (χ0) is 13.1. The van der Waals surface area contributed by atoms with Crippen LogP contribution in [-0.2, 0) is 9.59 Å². The van der Waals surface area contributed by atoms with Gasteiger partial charge in [0.15, 0.2) is 0 Å². The minimum Gasteiger partial charge on any atom is -0.481 e. The first-order chi connectivity index (χ1) is 8.54. The molecule has 2 bridgehead atoms. The van der Waals surface area contributed by atoms with Crippen LogP contribution in [0.5, 0.6) is 0 Å². The average molecular weight is 254 g/mol. The highest BCUT2D eigenvalue weighted by Crippen LogP contribution is 2.27. The van der Waals surface area contributed by atoms with Gasteiger partial charge in [0.25, 0.3) is 0 Å². The van der Waals surface area contributed by atoms with Gasteiger partial charge in [-0.15, -0.1) is 0 Å². The SMILES string of the molecule is CC(CC(=O)O)CC(=O)NC1CN2CCC1CC2. The fourth-order valence-electron chi connectivity index (χ4n) is 3.08. The Kier molecular flexibility index (Phi) is 4.22. The maximum Gasteiger partial charge on any atom is 0.303 e. The summed E-state index contributed by atoms with van der Waals surface area (Å²) in [6.45, 7) is 5.09. The van der Waals surface area contributed by atoms with E-state index in [0.717, 1.165) is 19.6 Å². The lowest BCUT2D eigenvalue weighted by Gasteiger charge is -2.45. The number of nitrogens with one attached hydrogen (secondary N) is 1. The van der Waals surface area contributed by atoms with Crippen molar-refractivity contribution in [2.75, 3.05) is 19.6 Å². The highest BCUT2D eigenvalue weighted by molar-refractivity contribution is 5.77. The van der Waals surface area contributed by atoms with Gasteiger partial charge in [0.05, 0.1) is 0 Å². The first-order valence-corrected chi connectivity index (χ1v) is 6.78. The molecule has 2 atom stereocenters. The first-order valence-electron chi connectivity index (χ1n) is 6.78. The molecule has 0 aromatic carbocycles. The van der Waals surface area contributed by atoms with Crippen molar-refractivity contribution in [3.05, 3.63) is 0 Å². The molecule has 18 heavy (non-hydrogen) atoms. The predicted octanol–water partition coefficient (Wildman–Crippen LogP) is 0.698. The monoisotopic (exact) mass is 254 g/mol. The number of amides is 1. The molecule has 0 radical (unpaired) electrons. The molecule has 2 unspecified atom stereocenters. The lowest BCUT2D eigenvalue weighted by molar-refractivity contribution is -0.138. The number of rotatable bonds is 5. The summed E-state index contributed by atoms with van der Waals surface area (Å²) in [5.74, 6) is -0.307. The van der Waals surface area contributed by atoms with Crippen molar-refractivity contribution in [1.29, 1.82) is 0 Å². The molecule has 0 aromatic rings. The highest BCUT2D eigenvalue weighted by atomic mass is 16.4. The first kappa shape index (κ1) is 13.3. The summed E-state index contributed by atoms with van der Waals surface area (Å²) in [7, 11) is 0. The average Bonchev–Trinajstić information content (AvgIpc) is 2.28. The molecule has 0 aromatic heterocycles. The summed E-state index contributed by atoms with van der Waals surface area (Å²) < 4.78 is 0. The fourth-order valence-corrected chi connectivity index (χ4v) is 3.08. The molecule has 1 amide bonds. The molecule has 3 aliphatic rings. The highest BCUT2D eigenvalue weighted by Gasteiger charge is 2.34. The Morgan fingerprint density at radius 1 is 1.33 bits per heavy atom. The molecule has 0 aliphatic carbocycles. The number of aliphatic carboxylic acids is 1. The summed E-state index contributed by atoms with van der Waals surface area (Å²) in [5.41, 5.74) is 0. The number of carboxylic acid groups (broad SMARTS) is 1. The van der Waals surface area contributed by atoms with E-state index in [0.29, 0.717) is 12.3 Å². The van der Waals surface area contributed by atoms with Crippen LogP contribution in [0, 0.1) is 11.8 Å². The van der Waals surface area contributed by atoms with Crippen molar-refractivity contribution < 1.29 is 14.7 Å². The Balaban J connectivity index is 1.75. The van der Waals surface area contributed by atoms with Gasteiger partial charge in [-0.1, -0.05) is 6.92 Å². The molecule has 102 valence electrons. The van der Waals surface area contributed by atoms with Gasteiger partial charge in [-0.25, -0.2) is 0 Å². The molecular formula is C13H22N2O3. The van der Waals surface area contributed by atoms with Crippen molar-refractivity contribution in [2.24, 2.45) is 11.8 Å². The van der Waals surface area contributed by atoms with E-state index in [2.05, 4.69) is 10.2 Å². The topological polar surface area (TPSA) is 69.6 Å². The smallest absolute Gasteiger partial charge is 0.303 e. The van der Waals surface area contributed by atoms with Crippen LogP contribution in [0.2, 0.25) is 0 Å². The van der Waals surface area contributed by atoms with Gasteiger partial charge in [0.1, 0.15) is 0 Å². The van der Waals surface area contributed by atoms with Crippen LogP contribution in [0.25, 0.3) is 0 Å². The van der Waals surface area contributed by atoms with Crippen LogP contribution in [0.4, 0.5) is 0 Å². The van der Waals surface area contributed by atoms with E-state index >= 15 is 0 Å². The largest absolute Gasteiger partial charge is 0.481 e. The Morgan fingerprint density at radius 2 is 2.00 bits per heavy atom. The molecule has 0 saturated carbocycles. The normalized spacial score (nSPS) is 31.9. The number of carboxylic acids is 1. The van der Waals surface area contributed by atoms with Crippen molar-refractivity contribution in [3.63, 3.8) is 0 Å². The van der Waals surface area contributed by atoms with E-state index in [1.807, 2.05) is 6.92 Å². The second-order valence-corrected chi connectivity index (χ2v) is 5.72. The molecule has 3 rings (SSSR count). The Bertz CT molecular complexity index is 324. The lowest BCUT2D eigenvalue weighted by Crippen LogP contribution is -2.57. The van der Waals surface area contributed by atoms with Gasteiger partial charge in [0.2, 0.25) is 5.91 Å². The van der Waals surface area contributed by atoms with Gasteiger partial charge >= 0.3 is 5.97 Å². The maximum absolute atomic E-state index is 11.9. The van der Waals surface area contributed by atoms with Gasteiger partial charge in [0, 0.05) is 25.4 Å². The summed E-state index contributed by atoms with van der Waals surface area (Å²) in [5, 5.41) is 11.7. The van der Waals surface area contributed by atoms with Gasteiger partial charge < -0.3 is 15.3 Å². The van der Waals surface area contributed by atoms with Crippen LogP contribution in [0.1, 0.15) is 32.6 Å². The van der Waals surface area contributed by atoms with Gasteiger partial charge in [-0.05, 0) is 37.8 Å². The van der Waals surface area contributed by atoms with E-state index in [1.165, 1.54) is 12.8 Å². The molecule has 3 saturated heterocycles. The zero-order valence-corrected chi connectivity index (χ0v) is 10.9. The van der Waals surface area contributed by atoms with Crippen LogP contribution in [0.3, 0.4) is 0 Å². The summed E-state index contributed by atoms with van der Waals surface area (Å²) in [6.07, 6.45) is 2.73. The second kappa shape index (κ2) is 5.69. The van der Waals surface area contributed by atoms with Crippen LogP contribution in [0.15, 0.2) is 0 Å². The van der Waals surface area contributed by atoms with E-state index in [4.69, 9.17) is 5.11 Å². The van der Waals surface area contributed by atoms with Crippen LogP contribution >= 0.6 is 0 Å². The van der Waals surface area contributed by atoms with Crippen LogP contribution in [-0.4, -0.2) is 47.6 Å². The van der Waals surface area contributed by atoms with Gasteiger partial charge in [-0.2, -0.15) is 0 Å². The molecule has 0 spiro atoms. The Labute approximate surface area is 108 Å². The second-order valence-electron chi connectivity index (χ2n) is 5.72. The number of piperidine rings is 3. The van der Waals surface area contributed by atoms with Crippen LogP contribution < -0.4 is 5.32 Å². The minimum absolute atomic E-state index is 0.00231. The Hall–Kier alpha value is -1.10. The molecule has 5 nitrogen and oxygen atoms in total. The maximum atomic E-state index is 11.9. The van der Waals surface area contributed by atoms with Crippen molar-refractivity contribution in [2.45, 2.75) is 38.6 Å². The lowest BCUT2D eigenvalue weighted by atomic mass is 9.84. The standard InChI is InChI=1S/C13H22N2O3/c1-9(7-13(17)18)6-12(16)14-11-8-15-4-2-10(11)3-5-15/h9-11H,2-8H2,1H3,(H,14,16)(H,17,18). The van der Waals surface area contributed by atoms with E-state index < -0.39 is 5.97 Å². The molecule has 3 aliphatic heterocycles. The molecule has 2 N–H and O–H groups in total. The summed E-state index contributed by atoms with van der Waals surface area (Å²) >= 11 is 0. The third-order valence-electron chi connectivity index (χ3n) is 4.06. The van der Waals surface area contributed by atoms with Crippen molar-refractivity contribution in [1.82, 2.24) is 10.2 Å². The Morgan fingerprint density at radius 3 is 2.50 bits per heavy atom.